The molecular weight excluding hydrogens is 399 g/mol. The second kappa shape index (κ2) is 8.50. The Kier molecular flexibility index (Phi) is 6.45. The summed E-state index contributed by atoms with van der Waals surface area (Å²) in [5, 5.41) is 0.667. The normalized spacial score (nSPS) is 20.5. The number of likely N-dealkylation sites (tertiary alicyclic amines) is 1. The molecule has 1 aliphatic carbocycles. The molecule has 7 heteroatoms. The van der Waals surface area contributed by atoms with Gasteiger partial charge in [-0.05, 0) is 52.2 Å². The predicted octanol–water partition coefficient (Wildman–Crippen LogP) is 5.39. The number of carbonyl (C=O) groups excluding carboxylic acids is 2. The second-order valence-corrected chi connectivity index (χ2v) is 9.41. The first-order chi connectivity index (χ1) is 13.2. The highest BCUT2D eigenvalue weighted by molar-refractivity contribution is 6.43. The Morgan fingerprint density at radius 1 is 1.11 bits per heavy atom. The molecule has 28 heavy (non-hydrogen) atoms. The van der Waals surface area contributed by atoms with Crippen molar-refractivity contribution in [1.82, 2.24) is 9.80 Å². The van der Waals surface area contributed by atoms with E-state index < -0.39 is 5.60 Å². The van der Waals surface area contributed by atoms with Gasteiger partial charge < -0.3 is 14.5 Å². The van der Waals surface area contributed by atoms with Crippen molar-refractivity contribution >= 4 is 35.2 Å². The summed E-state index contributed by atoms with van der Waals surface area (Å²) < 4.78 is 5.50. The molecule has 1 saturated carbocycles. The fourth-order valence-electron chi connectivity index (χ4n) is 4.08. The standard InChI is InChI=1S/C21H28Cl2N2O3/c1-21(2,3)28-20(27)24-12-11-15(13-24)25(14-7-4-5-8-14)19(26)16-9-6-10-17(22)18(16)23/h6,9-10,14-15H,4-5,7-8,11-13H2,1-3H3/t15-/m0/s1. The van der Waals surface area contributed by atoms with E-state index in [1.54, 1.807) is 23.1 Å². The number of rotatable bonds is 3. The smallest absolute Gasteiger partial charge is 0.410 e. The third kappa shape index (κ3) is 4.74. The van der Waals surface area contributed by atoms with Crippen LogP contribution in [0.15, 0.2) is 18.2 Å². The Hall–Kier alpha value is -1.46. The lowest BCUT2D eigenvalue weighted by Gasteiger charge is -2.35. The van der Waals surface area contributed by atoms with E-state index in [2.05, 4.69) is 0 Å². The molecule has 5 nitrogen and oxygen atoms in total. The molecule has 0 N–H and O–H groups in total. The summed E-state index contributed by atoms with van der Waals surface area (Å²) >= 11 is 12.5. The van der Waals surface area contributed by atoms with Crippen LogP contribution in [0.4, 0.5) is 4.79 Å². The van der Waals surface area contributed by atoms with Gasteiger partial charge in [0.15, 0.2) is 0 Å². The molecule has 3 rings (SSSR count). The van der Waals surface area contributed by atoms with E-state index in [1.807, 2.05) is 25.7 Å². The summed E-state index contributed by atoms with van der Waals surface area (Å²) in [4.78, 5) is 29.5. The van der Waals surface area contributed by atoms with Gasteiger partial charge in [-0.3, -0.25) is 4.79 Å². The van der Waals surface area contributed by atoms with Gasteiger partial charge in [0.1, 0.15) is 5.60 Å². The zero-order chi connectivity index (χ0) is 20.5. The number of halogens is 2. The maximum atomic E-state index is 13.4. The first-order valence-electron chi connectivity index (χ1n) is 9.92. The van der Waals surface area contributed by atoms with E-state index in [0.29, 0.717) is 28.7 Å². The maximum absolute atomic E-state index is 13.4. The van der Waals surface area contributed by atoms with Crippen molar-refractivity contribution in [2.75, 3.05) is 13.1 Å². The zero-order valence-corrected chi connectivity index (χ0v) is 18.2. The number of ether oxygens (including phenoxy) is 1. The van der Waals surface area contributed by atoms with Gasteiger partial charge in [-0.25, -0.2) is 4.79 Å². The number of amides is 2. The summed E-state index contributed by atoms with van der Waals surface area (Å²) in [7, 11) is 0. The third-order valence-electron chi connectivity index (χ3n) is 5.34. The average molecular weight is 427 g/mol. The minimum absolute atomic E-state index is 0.0434. The lowest BCUT2D eigenvalue weighted by molar-refractivity contribution is 0.0265. The molecular formula is C21H28Cl2N2O3. The van der Waals surface area contributed by atoms with Gasteiger partial charge in [-0.1, -0.05) is 42.1 Å². The Morgan fingerprint density at radius 2 is 1.79 bits per heavy atom. The van der Waals surface area contributed by atoms with E-state index >= 15 is 0 Å². The van der Waals surface area contributed by atoms with Gasteiger partial charge in [-0.15, -0.1) is 0 Å². The number of hydrogen-bond acceptors (Lipinski definition) is 3. The third-order valence-corrected chi connectivity index (χ3v) is 6.16. The summed E-state index contributed by atoms with van der Waals surface area (Å²) in [5.41, 5.74) is -0.110. The molecule has 1 saturated heterocycles. The predicted molar refractivity (Wildman–Crippen MR) is 111 cm³/mol. The highest BCUT2D eigenvalue weighted by Gasteiger charge is 2.39. The van der Waals surface area contributed by atoms with Gasteiger partial charge in [0.25, 0.3) is 5.91 Å². The fraction of sp³-hybridized carbons (Fsp3) is 0.619. The zero-order valence-electron chi connectivity index (χ0n) is 16.7. The molecule has 0 radical (unpaired) electrons. The molecule has 2 aliphatic rings. The van der Waals surface area contributed by atoms with E-state index in [1.165, 1.54) is 0 Å². The van der Waals surface area contributed by atoms with Gasteiger partial charge >= 0.3 is 6.09 Å². The molecule has 0 aromatic heterocycles. The van der Waals surface area contributed by atoms with Gasteiger partial charge in [-0.2, -0.15) is 0 Å². The molecule has 2 fully saturated rings. The van der Waals surface area contributed by atoms with Crippen molar-refractivity contribution in [3.63, 3.8) is 0 Å². The van der Waals surface area contributed by atoms with Gasteiger partial charge in [0.2, 0.25) is 0 Å². The van der Waals surface area contributed by atoms with Crippen LogP contribution in [0.25, 0.3) is 0 Å². The van der Waals surface area contributed by atoms with Crippen LogP contribution in [0, 0.1) is 0 Å². The largest absolute Gasteiger partial charge is 0.444 e. The quantitative estimate of drug-likeness (QED) is 0.650. The first kappa shape index (κ1) is 21.3. The van der Waals surface area contributed by atoms with E-state index in [4.69, 9.17) is 27.9 Å². The lowest BCUT2D eigenvalue weighted by Crippen LogP contribution is -2.48. The molecule has 1 heterocycles. The molecule has 0 bridgehead atoms. The Morgan fingerprint density at radius 3 is 2.43 bits per heavy atom. The van der Waals surface area contributed by atoms with Gasteiger partial charge in [0.05, 0.1) is 21.7 Å². The lowest BCUT2D eigenvalue weighted by atomic mass is 10.1. The molecule has 0 spiro atoms. The molecule has 1 aliphatic heterocycles. The minimum Gasteiger partial charge on any atom is -0.444 e. The van der Waals surface area contributed by atoms with Crippen LogP contribution in [-0.4, -0.2) is 52.6 Å². The number of hydrogen-bond donors (Lipinski definition) is 0. The molecule has 1 atom stereocenters. The van der Waals surface area contributed by atoms with Crippen LogP contribution in [0.3, 0.4) is 0 Å². The molecule has 2 amide bonds. The van der Waals surface area contributed by atoms with Crippen LogP contribution in [0.1, 0.15) is 63.2 Å². The average Bonchev–Trinajstić information content (AvgIpc) is 3.28. The monoisotopic (exact) mass is 426 g/mol. The van der Waals surface area contributed by atoms with Crippen molar-refractivity contribution in [2.45, 2.75) is 70.6 Å². The van der Waals surface area contributed by atoms with Crippen molar-refractivity contribution in [3.05, 3.63) is 33.8 Å². The fourth-order valence-corrected chi connectivity index (χ4v) is 4.46. The summed E-state index contributed by atoms with van der Waals surface area (Å²) in [5.74, 6) is -0.101. The van der Waals surface area contributed by atoms with Crippen molar-refractivity contribution < 1.29 is 14.3 Å². The van der Waals surface area contributed by atoms with E-state index in [-0.39, 0.29) is 24.1 Å². The van der Waals surface area contributed by atoms with Crippen LogP contribution < -0.4 is 0 Å². The van der Waals surface area contributed by atoms with Crippen LogP contribution in [-0.2, 0) is 4.74 Å². The summed E-state index contributed by atoms with van der Waals surface area (Å²) in [6.45, 7) is 6.63. The number of carbonyl (C=O) groups is 2. The summed E-state index contributed by atoms with van der Waals surface area (Å²) in [6, 6.07) is 5.28. The Balaban J connectivity index is 1.80. The number of nitrogens with zero attached hydrogens (tertiary/aromatic N) is 2. The van der Waals surface area contributed by atoms with E-state index in [9.17, 15) is 9.59 Å². The highest BCUT2D eigenvalue weighted by atomic mass is 35.5. The van der Waals surface area contributed by atoms with Crippen molar-refractivity contribution in [2.24, 2.45) is 0 Å². The highest BCUT2D eigenvalue weighted by Crippen LogP contribution is 2.33. The SMILES string of the molecule is CC(C)(C)OC(=O)N1CC[C@H](N(C(=O)c2cccc(Cl)c2Cl)C2CCCC2)C1. The Labute approximate surface area is 176 Å². The van der Waals surface area contributed by atoms with Crippen molar-refractivity contribution in [3.8, 4) is 0 Å². The first-order valence-corrected chi connectivity index (χ1v) is 10.7. The second-order valence-electron chi connectivity index (χ2n) is 8.62. The minimum atomic E-state index is -0.537. The van der Waals surface area contributed by atoms with Crippen LogP contribution >= 0.6 is 23.2 Å². The maximum Gasteiger partial charge on any atom is 0.410 e. The van der Waals surface area contributed by atoms with E-state index in [0.717, 1.165) is 32.1 Å². The molecule has 154 valence electrons. The summed E-state index contributed by atoms with van der Waals surface area (Å²) in [6.07, 6.45) is 4.59. The van der Waals surface area contributed by atoms with Crippen molar-refractivity contribution in [1.29, 1.82) is 0 Å². The molecule has 1 aromatic rings. The molecule has 1 aromatic carbocycles. The Bertz CT molecular complexity index is 742. The van der Waals surface area contributed by atoms with Crippen LogP contribution in [0.2, 0.25) is 10.0 Å². The topological polar surface area (TPSA) is 49.9 Å². The van der Waals surface area contributed by atoms with Gasteiger partial charge in [0, 0.05) is 19.1 Å². The van der Waals surface area contributed by atoms with Crippen LogP contribution in [0.5, 0.6) is 0 Å². The molecule has 0 unspecified atom stereocenters. The number of benzene rings is 1.